The zero-order valence-electron chi connectivity index (χ0n) is 17.1. The minimum Gasteiger partial charge on any atom is -0.241 e. The number of para-hydroxylation sites is 2. The number of nitrogens with zero attached hydrogens (tertiary/aromatic N) is 2. The Morgan fingerprint density at radius 2 is 1.79 bits per heavy atom. The van der Waals surface area contributed by atoms with E-state index < -0.39 is 0 Å². The van der Waals surface area contributed by atoms with Crippen LogP contribution in [0.25, 0.3) is 26.5 Å². The van der Waals surface area contributed by atoms with Crippen LogP contribution in [-0.2, 0) is 19.4 Å². The van der Waals surface area contributed by atoms with Crippen LogP contribution in [0.15, 0.2) is 60.7 Å². The molecule has 4 aromatic rings. The summed E-state index contributed by atoms with van der Waals surface area (Å²) in [5.74, 6) is 0. The molecule has 0 spiro atoms. The van der Waals surface area contributed by atoms with Crippen molar-refractivity contribution in [1.82, 2.24) is 4.98 Å². The molecule has 0 N–H and O–H groups in total. The predicted octanol–water partition coefficient (Wildman–Crippen LogP) is 6.97. The molecule has 0 aliphatic carbocycles. The molecule has 4 rings (SSSR count). The van der Waals surface area contributed by atoms with E-state index in [4.69, 9.17) is 4.98 Å². The fourth-order valence-corrected chi connectivity index (χ4v) is 5.76. The molecule has 2 nitrogen and oxygen atoms in total. The molecule has 0 aliphatic rings. The van der Waals surface area contributed by atoms with Gasteiger partial charge in [0.05, 0.1) is 15.2 Å². The maximum atomic E-state index is 4.70. The standard InChI is InChI=1S/C25H27N2S2/c1-3-11-19-12-10-15-22-25(19)27(18-4-2)24(29-22)17-7-5-6-16-23-26-20-13-8-9-14-21(20)28-23/h5-10,12-15,17H,3-4,11,16,18H2,1-2H3/q+1. The lowest BCUT2D eigenvalue weighted by atomic mass is 10.1. The summed E-state index contributed by atoms with van der Waals surface area (Å²) in [7, 11) is 0. The second kappa shape index (κ2) is 9.47. The van der Waals surface area contributed by atoms with Crippen molar-refractivity contribution in [2.45, 2.75) is 46.1 Å². The minimum atomic E-state index is 0.881. The molecule has 0 radical (unpaired) electrons. The van der Waals surface area contributed by atoms with Gasteiger partial charge in [0.1, 0.15) is 11.2 Å². The van der Waals surface area contributed by atoms with Gasteiger partial charge in [0, 0.05) is 24.5 Å². The molecular weight excluding hydrogens is 392 g/mol. The number of fused-ring (bicyclic) bond motifs is 2. The summed E-state index contributed by atoms with van der Waals surface area (Å²) >= 11 is 3.67. The van der Waals surface area contributed by atoms with E-state index in [1.165, 1.54) is 36.9 Å². The highest BCUT2D eigenvalue weighted by Gasteiger charge is 2.20. The smallest absolute Gasteiger partial charge is 0.241 e. The number of thiazole rings is 2. The maximum absolute atomic E-state index is 4.70. The summed E-state index contributed by atoms with van der Waals surface area (Å²) in [6, 6.07) is 15.1. The number of rotatable bonds is 8. The Hall–Kier alpha value is -2.30. The first kappa shape index (κ1) is 20.0. The lowest BCUT2D eigenvalue weighted by Crippen LogP contribution is -2.35. The summed E-state index contributed by atoms with van der Waals surface area (Å²) in [4.78, 5) is 4.70. The molecular formula is C25H27N2S2+. The lowest BCUT2D eigenvalue weighted by molar-refractivity contribution is -0.669. The van der Waals surface area contributed by atoms with Crippen LogP contribution in [0.4, 0.5) is 0 Å². The average Bonchev–Trinajstić information content (AvgIpc) is 3.30. The SMILES string of the molecule is CCCc1cccc2sc(C=CC=CCc3nc4ccccc4s3)[n+](CCC)c12. The zero-order valence-corrected chi connectivity index (χ0v) is 18.7. The van der Waals surface area contributed by atoms with Gasteiger partial charge >= 0.3 is 0 Å². The number of aryl methyl sites for hydroxylation is 2. The molecule has 4 heteroatoms. The second-order valence-corrected chi connectivity index (χ2v) is 9.35. The lowest BCUT2D eigenvalue weighted by Gasteiger charge is -2.00. The molecule has 0 unspecified atom stereocenters. The molecule has 29 heavy (non-hydrogen) atoms. The van der Waals surface area contributed by atoms with Gasteiger partial charge in [0.25, 0.3) is 5.01 Å². The van der Waals surface area contributed by atoms with Crippen LogP contribution < -0.4 is 4.57 Å². The molecule has 0 amide bonds. The number of hydrogen-bond donors (Lipinski definition) is 0. The van der Waals surface area contributed by atoms with Crippen molar-refractivity contribution in [2.24, 2.45) is 0 Å². The van der Waals surface area contributed by atoms with Gasteiger partial charge in [-0.05, 0) is 24.6 Å². The molecule has 0 atom stereocenters. The van der Waals surface area contributed by atoms with Crippen molar-refractivity contribution in [2.75, 3.05) is 0 Å². The van der Waals surface area contributed by atoms with Crippen LogP contribution in [0.2, 0.25) is 0 Å². The first-order chi connectivity index (χ1) is 14.3. The van der Waals surface area contributed by atoms with E-state index in [1.54, 1.807) is 11.3 Å². The Morgan fingerprint density at radius 3 is 2.62 bits per heavy atom. The van der Waals surface area contributed by atoms with Crippen LogP contribution in [0, 0.1) is 0 Å². The molecule has 0 aliphatic heterocycles. The Bertz CT molecular complexity index is 1130. The largest absolute Gasteiger partial charge is 0.262 e. The van der Waals surface area contributed by atoms with Crippen LogP contribution in [-0.4, -0.2) is 4.98 Å². The summed E-state index contributed by atoms with van der Waals surface area (Å²) in [6.07, 6.45) is 13.1. The third-order valence-electron chi connectivity index (χ3n) is 4.92. The molecule has 0 fully saturated rings. The highest BCUT2D eigenvalue weighted by atomic mass is 32.1. The van der Waals surface area contributed by atoms with Gasteiger partial charge < -0.3 is 0 Å². The molecule has 2 aromatic heterocycles. The van der Waals surface area contributed by atoms with Crippen molar-refractivity contribution >= 4 is 49.2 Å². The molecule has 2 heterocycles. The van der Waals surface area contributed by atoms with Crippen LogP contribution in [0.3, 0.4) is 0 Å². The van der Waals surface area contributed by atoms with E-state index in [1.807, 2.05) is 17.4 Å². The van der Waals surface area contributed by atoms with E-state index in [0.29, 0.717) is 0 Å². The third kappa shape index (κ3) is 4.49. The average molecular weight is 420 g/mol. The van der Waals surface area contributed by atoms with Gasteiger partial charge in [-0.25, -0.2) is 4.98 Å². The minimum absolute atomic E-state index is 0.881. The Kier molecular flexibility index (Phi) is 6.53. The Morgan fingerprint density at radius 1 is 0.931 bits per heavy atom. The zero-order chi connectivity index (χ0) is 20.1. The summed E-state index contributed by atoms with van der Waals surface area (Å²) in [6.45, 7) is 5.58. The van der Waals surface area contributed by atoms with Crippen molar-refractivity contribution in [3.8, 4) is 0 Å². The van der Waals surface area contributed by atoms with Crippen molar-refractivity contribution in [3.05, 3.63) is 76.3 Å². The summed E-state index contributed by atoms with van der Waals surface area (Å²) in [5, 5.41) is 2.50. The molecule has 2 aromatic carbocycles. The number of aromatic nitrogens is 2. The van der Waals surface area contributed by atoms with Crippen molar-refractivity contribution < 1.29 is 4.57 Å². The van der Waals surface area contributed by atoms with Gasteiger partial charge in [-0.15, -0.1) is 11.3 Å². The van der Waals surface area contributed by atoms with Gasteiger partial charge in [-0.1, -0.05) is 74.1 Å². The van der Waals surface area contributed by atoms with E-state index in [2.05, 4.69) is 79.1 Å². The Balaban J connectivity index is 1.53. The van der Waals surface area contributed by atoms with Gasteiger partial charge in [0.15, 0.2) is 0 Å². The van der Waals surface area contributed by atoms with Crippen LogP contribution in [0.1, 0.15) is 42.3 Å². The quantitative estimate of drug-likeness (QED) is 0.222. The van der Waals surface area contributed by atoms with Gasteiger partial charge in [-0.3, -0.25) is 0 Å². The number of hydrogen-bond acceptors (Lipinski definition) is 3. The first-order valence-corrected chi connectivity index (χ1v) is 12.0. The van der Waals surface area contributed by atoms with E-state index in [-0.39, 0.29) is 0 Å². The first-order valence-electron chi connectivity index (χ1n) is 10.4. The van der Waals surface area contributed by atoms with Crippen molar-refractivity contribution in [1.29, 1.82) is 0 Å². The highest BCUT2D eigenvalue weighted by Crippen LogP contribution is 2.26. The summed E-state index contributed by atoms with van der Waals surface area (Å²) < 4.78 is 5.16. The van der Waals surface area contributed by atoms with Gasteiger partial charge in [-0.2, -0.15) is 4.57 Å². The molecule has 0 saturated carbocycles. The van der Waals surface area contributed by atoms with Gasteiger partial charge in [0.2, 0.25) is 5.52 Å². The Labute approximate surface area is 180 Å². The second-order valence-electron chi connectivity index (χ2n) is 7.17. The van der Waals surface area contributed by atoms with Crippen LogP contribution >= 0.6 is 22.7 Å². The third-order valence-corrected chi connectivity index (χ3v) is 7.09. The topological polar surface area (TPSA) is 16.8 Å². The maximum Gasteiger partial charge on any atom is 0.262 e. The van der Waals surface area contributed by atoms with Crippen molar-refractivity contribution in [3.63, 3.8) is 0 Å². The van der Waals surface area contributed by atoms with E-state index in [9.17, 15) is 0 Å². The molecule has 0 bridgehead atoms. The normalized spacial score (nSPS) is 12.2. The highest BCUT2D eigenvalue weighted by molar-refractivity contribution is 7.19. The monoisotopic (exact) mass is 419 g/mol. The number of allylic oxidation sites excluding steroid dienone is 3. The van der Waals surface area contributed by atoms with Crippen LogP contribution in [0.5, 0.6) is 0 Å². The fraction of sp³-hybridized carbons (Fsp3) is 0.280. The van der Waals surface area contributed by atoms with E-state index >= 15 is 0 Å². The molecule has 0 saturated heterocycles. The number of benzene rings is 2. The summed E-state index contributed by atoms with van der Waals surface area (Å²) in [5.41, 5.74) is 4.00. The molecule has 148 valence electrons. The fourth-order valence-electron chi connectivity index (χ4n) is 3.67. The van der Waals surface area contributed by atoms with E-state index in [0.717, 1.165) is 31.3 Å². The predicted molar refractivity (Wildman–Crippen MR) is 128 cm³/mol.